The number of carbonyl (C=O) groups excluding carboxylic acids is 1. The summed E-state index contributed by atoms with van der Waals surface area (Å²) in [5.41, 5.74) is 0. The number of aliphatic hydroxyl groups excluding tert-OH is 1. The van der Waals surface area contributed by atoms with Crippen LogP contribution in [0.25, 0.3) is 0 Å². The second-order valence-corrected chi connectivity index (χ2v) is 2.72. The van der Waals surface area contributed by atoms with E-state index < -0.39 is 10.3 Å². The predicted molar refractivity (Wildman–Crippen MR) is 40.2 cm³/mol. The van der Waals surface area contributed by atoms with Crippen LogP contribution >= 0.6 is 34.8 Å². The number of rotatable bonds is 0. The first-order chi connectivity index (χ1) is 4.46. The maximum absolute atomic E-state index is 8.89. The van der Waals surface area contributed by atoms with E-state index in [0.717, 1.165) is 14.0 Å². The van der Waals surface area contributed by atoms with Crippen molar-refractivity contribution in [2.24, 2.45) is 0 Å². The van der Waals surface area contributed by atoms with Gasteiger partial charge in [-0.1, -0.05) is 34.8 Å². The summed E-state index contributed by atoms with van der Waals surface area (Å²) < 4.78 is -0.750. The van der Waals surface area contributed by atoms with Gasteiger partial charge in [-0.15, -0.1) is 0 Å². The number of hydrogen-bond acceptors (Lipinski definition) is 3. The molecule has 0 aliphatic heterocycles. The molecule has 0 amide bonds. The molecule has 0 bridgehead atoms. The average molecular weight is 233 g/mol. The standard InChI is InChI=1S/C2H4O2.CHCl3.CH4O.Na/c1-2(3)4;2-1(3)4;1-2;/h1H3,(H,3,4);1H;2H,1H3;/q;;;+1/p-1. The Labute approximate surface area is 103 Å². The Hall–Kier alpha value is 1.30. The normalized spacial score (nSPS) is 6.09. The molecule has 3 nitrogen and oxygen atoms in total. The van der Waals surface area contributed by atoms with Crippen molar-refractivity contribution in [2.75, 3.05) is 7.11 Å². The van der Waals surface area contributed by atoms with Crippen LogP contribution in [0.15, 0.2) is 0 Å². The van der Waals surface area contributed by atoms with Crippen LogP contribution in [0.4, 0.5) is 0 Å². The molecular weight excluding hydrogens is 225 g/mol. The zero-order valence-electron chi connectivity index (χ0n) is 6.47. The van der Waals surface area contributed by atoms with Crippen LogP contribution in [-0.2, 0) is 4.79 Å². The monoisotopic (exact) mass is 232 g/mol. The smallest absolute Gasteiger partial charge is 0.550 e. The van der Waals surface area contributed by atoms with Gasteiger partial charge < -0.3 is 15.0 Å². The molecule has 0 saturated heterocycles. The van der Waals surface area contributed by atoms with Gasteiger partial charge in [0.15, 0.2) is 4.30 Å². The van der Waals surface area contributed by atoms with Gasteiger partial charge in [0.05, 0.1) is 0 Å². The molecule has 7 heteroatoms. The predicted octanol–water partition coefficient (Wildman–Crippen LogP) is -2.64. The Morgan fingerprint density at radius 2 is 1.36 bits per heavy atom. The molecule has 0 atom stereocenters. The minimum atomic E-state index is -1.08. The molecule has 1 N–H and O–H groups in total. The maximum Gasteiger partial charge on any atom is 1.00 e. The van der Waals surface area contributed by atoms with E-state index in [1.807, 2.05) is 0 Å². The van der Waals surface area contributed by atoms with Gasteiger partial charge in [0, 0.05) is 13.1 Å². The van der Waals surface area contributed by atoms with E-state index in [1.165, 1.54) is 0 Å². The average Bonchev–Trinajstić information content (AvgIpc) is 1.66. The minimum Gasteiger partial charge on any atom is -0.550 e. The zero-order chi connectivity index (χ0) is 9.15. The summed E-state index contributed by atoms with van der Waals surface area (Å²) in [6.45, 7) is 0.972. The fourth-order valence-electron chi connectivity index (χ4n) is 0. The van der Waals surface area contributed by atoms with Gasteiger partial charge in [-0.25, -0.2) is 0 Å². The third-order valence-corrected chi connectivity index (χ3v) is 0. The van der Waals surface area contributed by atoms with Gasteiger partial charge in [0.25, 0.3) is 0 Å². The molecule has 0 spiro atoms. The van der Waals surface area contributed by atoms with Crippen molar-refractivity contribution < 1.29 is 44.6 Å². The molecule has 0 rings (SSSR count). The summed E-state index contributed by atoms with van der Waals surface area (Å²) in [5, 5.41) is 15.9. The van der Waals surface area contributed by atoms with Crippen molar-refractivity contribution in [3.63, 3.8) is 0 Å². The molecule has 0 unspecified atom stereocenters. The van der Waals surface area contributed by atoms with E-state index in [2.05, 4.69) is 0 Å². The Bertz CT molecular complexity index is 64.8. The summed E-state index contributed by atoms with van der Waals surface area (Å²) in [6, 6.07) is 0. The van der Waals surface area contributed by atoms with Crippen LogP contribution in [0.3, 0.4) is 0 Å². The molecule has 0 aromatic carbocycles. The van der Waals surface area contributed by atoms with Crippen LogP contribution in [0.2, 0.25) is 0 Å². The van der Waals surface area contributed by atoms with Gasteiger partial charge in [-0.3, -0.25) is 0 Å². The largest absolute Gasteiger partial charge is 1.00 e. The topological polar surface area (TPSA) is 60.4 Å². The summed E-state index contributed by atoms with van der Waals surface area (Å²) in [4.78, 5) is 8.89. The van der Waals surface area contributed by atoms with E-state index in [-0.39, 0.29) is 29.6 Å². The number of alkyl halides is 3. The number of halogens is 3. The van der Waals surface area contributed by atoms with Crippen LogP contribution in [-0.4, -0.2) is 22.5 Å². The van der Waals surface area contributed by atoms with E-state index in [0.29, 0.717) is 0 Å². The first-order valence-corrected chi connectivity index (χ1v) is 3.32. The number of carboxylic acids is 1. The SMILES string of the molecule is CC(=O)[O-].CO.ClC(Cl)Cl.[Na+]. The first kappa shape index (κ1) is 22.8. The summed E-state index contributed by atoms with van der Waals surface area (Å²) >= 11 is 14.4. The van der Waals surface area contributed by atoms with Crippen LogP contribution in [0, 0.1) is 0 Å². The van der Waals surface area contributed by atoms with Crippen molar-refractivity contribution in [2.45, 2.75) is 11.2 Å². The van der Waals surface area contributed by atoms with Crippen LogP contribution < -0.4 is 34.7 Å². The first-order valence-electron chi connectivity index (χ1n) is 2.01. The Morgan fingerprint density at radius 3 is 1.36 bits per heavy atom. The number of carbonyl (C=O) groups is 1. The minimum absolute atomic E-state index is 0. The fourth-order valence-corrected chi connectivity index (χ4v) is 0. The molecule has 0 aliphatic carbocycles. The molecule has 0 aromatic heterocycles. The third kappa shape index (κ3) is 578. The van der Waals surface area contributed by atoms with Crippen LogP contribution in [0.1, 0.15) is 6.92 Å². The Morgan fingerprint density at radius 1 is 1.36 bits per heavy atom. The Kier molecular flexibility index (Phi) is 46.6. The van der Waals surface area contributed by atoms with E-state index in [1.54, 1.807) is 0 Å². The van der Waals surface area contributed by atoms with Crippen molar-refractivity contribution in [1.82, 2.24) is 0 Å². The van der Waals surface area contributed by atoms with Crippen molar-refractivity contribution in [3.05, 3.63) is 0 Å². The van der Waals surface area contributed by atoms with Gasteiger partial charge >= 0.3 is 29.6 Å². The van der Waals surface area contributed by atoms with E-state index >= 15 is 0 Å². The summed E-state index contributed by atoms with van der Waals surface area (Å²) in [7, 11) is 1.00. The second-order valence-electron chi connectivity index (χ2n) is 0.739. The second kappa shape index (κ2) is 22.5. The van der Waals surface area contributed by atoms with Crippen molar-refractivity contribution in [3.8, 4) is 0 Å². The van der Waals surface area contributed by atoms with Crippen LogP contribution in [0.5, 0.6) is 0 Å². The summed E-state index contributed by atoms with van der Waals surface area (Å²) in [6.07, 6.45) is 0. The molecular formula is C4H8Cl3NaO3. The molecule has 11 heavy (non-hydrogen) atoms. The molecule has 0 saturated carbocycles. The number of aliphatic hydroxyl groups is 1. The number of carboxylic acid groups (broad SMARTS) is 1. The van der Waals surface area contributed by atoms with Gasteiger partial charge in [-0.2, -0.15) is 0 Å². The van der Waals surface area contributed by atoms with Gasteiger partial charge in [-0.05, 0) is 6.92 Å². The number of aliphatic carboxylic acids is 1. The van der Waals surface area contributed by atoms with Gasteiger partial charge in [0.1, 0.15) is 0 Å². The zero-order valence-corrected chi connectivity index (χ0v) is 10.7. The molecule has 64 valence electrons. The molecule has 0 fully saturated rings. The molecule has 0 heterocycles. The Balaban J connectivity index is -0.0000000339. The van der Waals surface area contributed by atoms with Crippen molar-refractivity contribution in [1.29, 1.82) is 0 Å². The van der Waals surface area contributed by atoms with Gasteiger partial charge in [0.2, 0.25) is 0 Å². The molecule has 0 radical (unpaired) electrons. The third-order valence-electron chi connectivity index (χ3n) is 0. The quantitative estimate of drug-likeness (QED) is 0.367. The fraction of sp³-hybridized carbons (Fsp3) is 0.750. The summed E-state index contributed by atoms with van der Waals surface area (Å²) in [5.74, 6) is -1.08. The molecule has 0 aliphatic rings. The molecule has 0 aromatic rings. The van der Waals surface area contributed by atoms with E-state index in [4.69, 9.17) is 49.8 Å². The maximum atomic E-state index is 8.89. The number of hydrogen-bond donors (Lipinski definition) is 1. The van der Waals surface area contributed by atoms with Crippen molar-refractivity contribution >= 4 is 40.8 Å². The van der Waals surface area contributed by atoms with E-state index in [9.17, 15) is 0 Å².